The quantitative estimate of drug-likeness (QED) is 0.451. The number of ether oxygens (including phenoxy) is 1. The minimum Gasteiger partial charge on any atom is -0.491 e. The number of aliphatic hydroxyl groups excluding tert-OH is 1. The summed E-state index contributed by atoms with van der Waals surface area (Å²) in [5, 5.41) is 13.8. The maximum Gasteiger partial charge on any atom is 0.329 e. The zero-order valence-electron chi connectivity index (χ0n) is 18.6. The molecule has 0 radical (unpaired) electrons. The van der Waals surface area contributed by atoms with E-state index in [1.165, 1.54) is 4.57 Å². The largest absolute Gasteiger partial charge is 0.491 e. The van der Waals surface area contributed by atoms with Crippen molar-refractivity contribution in [3.63, 3.8) is 0 Å². The fourth-order valence-corrected chi connectivity index (χ4v) is 3.20. The molecule has 3 aromatic rings. The Kier molecular flexibility index (Phi) is 6.81. The van der Waals surface area contributed by atoms with Gasteiger partial charge < -0.3 is 24.6 Å². The number of aryl methyl sites for hydroxylation is 3. The Bertz CT molecular complexity index is 1180. The number of fused-ring (bicyclic) bond motifs is 1. The van der Waals surface area contributed by atoms with E-state index in [2.05, 4.69) is 15.3 Å². The Hall–Kier alpha value is -3.11. The summed E-state index contributed by atoms with van der Waals surface area (Å²) in [6.45, 7) is 5.47. The van der Waals surface area contributed by atoms with Crippen LogP contribution < -0.4 is 21.3 Å². The maximum atomic E-state index is 12.5. The predicted molar refractivity (Wildman–Crippen MR) is 120 cm³/mol. The number of rotatable bonds is 9. The van der Waals surface area contributed by atoms with Gasteiger partial charge in [-0.1, -0.05) is 6.07 Å². The number of hydrogen-bond acceptors (Lipinski definition) is 7. The van der Waals surface area contributed by atoms with Gasteiger partial charge in [-0.15, -0.1) is 0 Å². The molecule has 1 aromatic carbocycles. The van der Waals surface area contributed by atoms with Crippen molar-refractivity contribution in [2.24, 2.45) is 7.05 Å². The van der Waals surface area contributed by atoms with E-state index in [0.29, 0.717) is 18.2 Å². The van der Waals surface area contributed by atoms with E-state index in [0.717, 1.165) is 17.7 Å². The molecule has 0 fully saturated rings. The van der Waals surface area contributed by atoms with Crippen LogP contribution >= 0.6 is 0 Å². The van der Waals surface area contributed by atoms with E-state index in [9.17, 15) is 14.7 Å². The van der Waals surface area contributed by atoms with Gasteiger partial charge in [-0.2, -0.15) is 4.98 Å². The monoisotopic (exact) mass is 430 g/mol. The third-order valence-corrected chi connectivity index (χ3v) is 5.16. The summed E-state index contributed by atoms with van der Waals surface area (Å²) in [5.41, 5.74) is 1.65. The predicted octanol–water partition coefficient (Wildman–Crippen LogP) is 0.454. The molecule has 0 aliphatic rings. The first-order chi connectivity index (χ1) is 14.7. The number of likely N-dealkylation sites (N-methyl/N-ethyl adjacent to an activating group) is 1. The molecule has 1 atom stereocenters. The van der Waals surface area contributed by atoms with Gasteiger partial charge in [0.2, 0.25) is 5.95 Å². The molecule has 0 aliphatic carbocycles. The number of nitrogens with zero attached hydrogens (tertiary/aromatic N) is 4. The second-order valence-electron chi connectivity index (χ2n) is 7.98. The van der Waals surface area contributed by atoms with E-state index >= 15 is 0 Å². The average molecular weight is 431 g/mol. The minimum atomic E-state index is -0.898. The lowest BCUT2D eigenvalue weighted by molar-refractivity contribution is 0.0938. The summed E-state index contributed by atoms with van der Waals surface area (Å²) >= 11 is 0. The van der Waals surface area contributed by atoms with Crippen LogP contribution in [0.4, 0.5) is 5.95 Å². The lowest BCUT2D eigenvalue weighted by Crippen LogP contribution is -2.31. The smallest absolute Gasteiger partial charge is 0.329 e. The summed E-state index contributed by atoms with van der Waals surface area (Å²) in [7, 11) is 5.45. The molecule has 168 valence electrons. The molecule has 10 nitrogen and oxygen atoms in total. The Balaban J connectivity index is 1.85. The molecule has 0 saturated carbocycles. The van der Waals surface area contributed by atoms with Crippen molar-refractivity contribution in [3.05, 3.63) is 50.2 Å². The van der Waals surface area contributed by atoms with Crippen molar-refractivity contribution in [1.82, 2.24) is 24.0 Å². The summed E-state index contributed by atoms with van der Waals surface area (Å²) in [4.78, 5) is 33.2. The van der Waals surface area contributed by atoms with Crippen LogP contribution in [0.1, 0.15) is 11.1 Å². The topological polar surface area (TPSA) is 117 Å². The Morgan fingerprint density at radius 2 is 2.00 bits per heavy atom. The lowest BCUT2D eigenvalue weighted by atomic mass is 10.1. The second kappa shape index (κ2) is 9.36. The normalized spacial score (nSPS) is 12.5. The Labute approximate surface area is 180 Å². The molecular formula is C21H30N6O4. The standard InChI is InChI=1S/C21H30N6O4/c1-13-6-7-16(10-14(13)2)31-12-15(28)11-27-17-18(26(5)21(30)24-19(17)29)23-20(27)22-8-9-25(3)4/h6-7,10,15,28H,8-9,11-12H2,1-5H3,(H,22,23)(H,24,29,30). The van der Waals surface area contributed by atoms with Crippen LogP contribution in [0.2, 0.25) is 0 Å². The van der Waals surface area contributed by atoms with Gasteiger partial charge >= 0.3 is 5.69 Å². The van der Waals surface area contributed by atoms with E-state index in [-0.39, 0.29) is 24.3 Å². The Morgan fingerprint density at radius 3 is 2.68 bits per heavy atom. The van der Waals surface area contributed by atoms with Crippen LogP contribution in [0.25, 0.3) is 11.2 Å². The zero-order valence-corrected chi connectivity index (χ0v) is 18.6. The highest BCUT2D eigenvalue weighted by molar-refractivity contribution is 5.74. The van der Waals surface area contributed by atoms with Gasteiger partial charge in [0.1, 0.15) is 18.5 Å². The van der Waals surface area contributed by atoms with Gasteiger partial charge in [-0.3, -0.25) is 14.3 Å². The van der Waals surface area contributed by atoms with Gasteiger partial charge in [-0.05, 0) is 51.2 Å². The third kappa shape index (κ3) is 5.15. The highest BCUT2D eigenvalue weighted by Gasteiger charge is 2.20. The van der Waals surface area contributed by atoms with E-state index in [1.807, 2.05) is 51.0 Å². The van der Waals surface area contributed by atoms with Crippen LogP contribution in [0.3, 0.4) is 0 Å². The Morgan fingerprint density at radius 1 is 1.26 bits per heavy atom. The van der Waals surface area contributed by atoms with Crippen molar-refractivity contribution in [2.75, 3.05) is 39.1 Å². The first kappa shape index (κ1) is 22.6. The second-order valence-corrected chi connectivity index (χ2v) is 7.98. The van der Waals surface area contributed by atoms with Crippen LogP contribution in [-0.4, -0.2) is 69.0 Å². The molecule has 0 amide bonds. The van der Waals surface area contributed by atoms with Gasteiger partial charge in [0.05, 0.1) is 6.54 Å². The molecular weight excluding hydrogens is 400 g/mol. The van der Waals surface area contributed by atoms with E-state index < -0.39 is 17.4 Å². The third-order valence-electron chi connectivity index (χ3n) is 5.16. The van der Waals surface area contributed by atoms with Crippen LogP contribution in [0, 0.1) is 13.8 Å². The molecule has 31 heavy (non-hydrogen) atoms. The van der Waals surface area contributed by atoms with E-state index in [4.69, 9.17) is 4.74 Å². The highest BCUT2D eigenvalue weighted by atomic mass is 16.5. The van der Waals surface area contributed by atoms with Gasteiger partial charge in [0, 0.05) is 20.1 Å². The molecule has 3 rings (SSSR count). The molecule has 3 N–H and O–H groups in total. The first-order valence-electron chi connectivity index (χ1n) is 10.1. The van der Waals surface area contributed by atoms with Gasteiger partial charge in [0.15, 0.2) is 11.2 Å². The number of H-pyrrole nitrogens is 1. The number of anilines is 1. The molecule has 0 bridgehead atoms. The van der Waals surface area contributed by atoms with Crippen LogP contribution in [-0.2, 0) is 13.6 Å². The molecule has 0 spiro atoms. The number of aromatic amines is 1. The molecule has 10 heteroatoms. The highest BCUT2D eigenvalue weighted by Crippen LogP contribution is 2.18. The maximum absolute atomic E-state index is 12.5. The molecule has 2 heterocycles. The van der Waals surface area contributed by atoms with Gasteiger partial charge in [-0.25, -0.2) is 4.79 Å². The van der Waals surface area contributed by atoms with Crippen molar-refractivity contribution in [3.8, 4) is 5.75 Å². The van der Waals surface area contributed by atoms with Crippen molar-refractivity contribution < 1.29 is 9.84 Å². The summed E-state index contributed by atoms with van der Waals surface area (Å²) in [6, 6.07) is 5.74. The van der Waals surface area contributed by atoms with Crippen molar-refractivity contribution in [1.29, 1.82) is 0 Å². The number of imidazole rings is 1. The summed E-state index contributed by atoms with van der Waals surface area (Å²) < 4.78 is 8.61. The molecule has 2 aromatic heterocycles. The lowest BCUT2D eigenvalue weighted by Gasteiger charge is -2.17. The SMILES string of the molecule is Cc1ccc(OCC(O)Cn2c(NCCN(C)C)nc3c2c(=O)[nH]c(=O)n3C)cc1C. The van der Waals surface area contributed by atoms with Crippen molar-refractivity contribution in [2.45, 2.75) is 26.5 Å². The van der Waals surface area contributed by atoms with Crippen molar-refractivity contribution >= 4 is 17.1 Å². The summed E-state index contributed by atoms with van der Waals surface area (Å²) in [6.07, 6.45) is -0.898. The zero-order chi connectivity index (χ0) is 22.7. The number of aromatic nitrogens is 4. The molecule has 1 unspecified atom stereocenters. The fraction of sp³-hybridized carbons (Fsp3) is 0.476. The summed E-state index contributed by atoms with van der Waals surface area (Å²) in [5.74, 6) is 1.08. The first-order valence-corrected chi connectivity index (χ1v) is 10.1. The van der Waals surface area contributed by atoms with E-state index in [1.54, 1.807) is 11.6 Å². The fourth-order valence-electron chi connectivity index (χ4n) is 3.20. The van der Waals surface area contributed by atoms with Crippen LogP contribution in [0.5, 0.6) is 5.75 Å². The number of aliphatic hydroxyl groups is 1. The van der Waals surface area contributed by atoms with Crippen LogP contribution in [0.15, 0.2) is 27.8 Å². The number of hydrogen-bond donors (Lipinski definition) is 3. The van der Waals surface area contributed by atoms with Gasteiger partial charge in [0.25, 0.3) is 5.56 Å². The molecule has 0 aliphatic heterocycles. The minimum absolute atomic E-state index is 0.0446. The number of nitrogens with one attached hydrogen (secondary N) is 2. The number of benzene rings is 1. The average Bonchev–Trinajstić information content (AvgIpc) is 3.05. The molecule has 0 saturated heterocycles.